The number of carbonyl (C=O) groups excluding carboxylic acids is 1. The van der Waals surface area contributed by atoms with Crippen molar-refractivity contribution in [1.82, 2.24) is 10.2 Å². The third kappa shape index (κ3) is 6.68. The van der Waals surface area contributed by atoms with Crippen molar-refractivity contribution in [2.75, 3.05) is 13.1 Å². The number of nitrogens with one attached hydrogen (secondary N) is 1. The van der Waals surface area contributed by atoms with E-state index in [9.17, 15) is 4.79 Å². The molecule has 1 aliphatic carbocycles. The molecule has 1 fully saturated rings. The van der Waals surface area contributed by atoms with Gasteiger partial charge in [-0.3, -0.25) is 4.90 Å². The second kappa shape index (κ2) is 8.78. The molecule has 150 valence electrons. The molecule has 1 aliphatic rings. The number of carbonyl (C=O) groups is 1. The summed E-state index contributed by atoms with van der Waals surface area (Å²) < 4.78 is 5.39. The summed E-state index contributed by atoms with van der Waals surface area (Å²) in [6, 6.07) is 21.2. The van der Waals surface area contributed by atoms with Crippen molar-refractivity contribution in [2.24, 2.45) is 5.41 Å². The highest BCUT2D eigenvalue weighted by Gasteiger charge is 2.44. The molecule has 0 saturated heterocycles. The number of hydrogen-bond acceptors (Lipinski definition) is 3. The Bertz CT molecular complexity index is 708. The van der Waals surface area contributed by atoms with E-state index >= 15 is 0 Å². The summed E-state index contributed by atoms with van der Waals surface area (Å²) >= 11 is 0. The van der Waals surface area contributed by atoms with Crippen molar-refractivity contribution in [3.8, 4) is 0 Å². The van der Waals surface area contributed by atoms with Gasteiger partial charge in [0.2, 0.25) is 0 Å². The summed E-state index contributed by atoms with van der Waals surface area (Å²) in [7, 11) is 0. The number of alkyl carbamates (subject to hydrolysis) is 1. The average molecular weight is 381 g/mol. The van der Waals surface area contributed by atoms with Crippen LogP contribution in [0.15, 0.2) is 60.7 Å². The van der Waals surface area contributed by atoms with Crippen LogP contribution in [0.2, 0.25) is 0 Å². The van der Waals surface area contributed by atoms with Crippen LogP contribution in [0, 0.1) is 5.41 Å². The fraction of sp³-hybridized carbons (Fsp3) is 0.458. The van der Waals surface area contributed by atoms with Gasteiger partial charge in [-0.1, -0.05) is 60.7 Å². The summed E-state index contributed by atoms with van der Waals surface area (Å²) in [4.78, 5) is 14.5. The maximum atomic E-state index is 12.1. The minimum Gasteiger partial charge on any atom is -0.444 e. The van der Waals surface area contributed by atoms with Gasteiger partial charge in [-0.2, -0.15) is 0 Å². The predicted octanol–water partition coefficient (Wildman–Crippen LogP) is 4.99. The van der Waals surface area contributed by atoms with E-state index in [1.807, 2.05) is 20.8 Å². The third-order valence-electron chi connectivity index (χ3n) is 5.02. The van der Waals surface area contributed by atoms with Gasteiger partial charge in [0.05, 0.1) is 0 Å². The van der Waals surface area contributed by atoms with Gasteiger partial charge < -0.3 is 10.1 Å². The molecule has 0 atom stereocenters. The maximum Gasteiger partial charge on any atom is 0.407 e. The lowest BCUT2D eigenvalue weighted by Gasteiger charge is -2.28. The molecule has 1 amide bonds. The molecular formula is C24H32N2O2. The number of rotatable bonds is 8. The van der Waals surface area contributed by atoms with Crippen LogP contribution in [0.3, 0.4) is 0 Å². The Hall–Kier alpha value is -2.33. The number of amides is 1. The smallest absolute Gasteiger partial charge is 0.407 e. The topological polar surface area (TPSA) is 41.6 Å². The fourth-order valence-corrected chi connectivity index (χ4v) is 3.47. The lowest BCUT2D eigenvalue weighted by atomic mass is 10.0. The summed E-state index contributed by atoms with van der Waals surface area (Å²) in [6.45, 7) is 9.12. The molecule has 4 heteroatoms. The molecule has 0 aliphatic heterocycles. The normalized spacial score (nSPS) is 15.3. The largest absolute Gasteiger partial charge is 0.444 e. The zero-order chi connectivity index (χ0) is 20.0. The lowest BCUT2D eigenvalue weighted by molar-refractivity contribution is 0.0509. The van der Waals surface area contributed by atoms with Crippen molar-refractivity contribution in [1.29, 1.82) is 0 Å². The summed E-state index contributed by atoms with van der Waals surface area (Å²) in [5, 5.41) is 2.99. The van der Waals surface area contributed by atoms with Crippen LogP contribution in [0.4, 0.5) is 4.79 Å². The monoisotopic (exact) mass is 380 g/mol. The van der Waals surface area contributed by atoms with E-state index in [2.05, 4.69) is 70.9 Å². The van der Waals surface area contributed by atoms with Gasteiger partial charge in [-0.05, 0) is 44.7 Å². The number of ether oxygens (including phenoxy) is 1. The molecule has 28 heavy (non-hydrogen) atoms. The van der Waals surface area contributed by atoms with Crippen LogP contribution in [0.1, 0.15) is 44.7 Å². The molecule has 0 spiro atoms. The quantitative estimate of drug-likeness (QED) is 0.701. The predicted molar refractivity (Wildman–Crippen MR) is 113 cm³/mol. The summed E-state index contributed by atoms with van der Waals surface area (Å²) in [5.74, 6) is 0. The van der Waals surface area contributed by atoms with Crippen LogP contribution >= 0.6 is 0 Å². The molecule has 2 aromatic carbocycles. The van der Waals surface area contributed by atoms with Crippen molar-refractivity contribution in [2.45, 2.75) is 52.3 Å². The van der Waals surface area contributed by atoms with Crippen molar-refractivity contribution in [3.05, 3.63) is 71.8 Å². The van der Waals surface area contributed by atoms with Crippen LogP contribution < -0.4 is 5.32 Å². The van der Waals surface area contributed by atoms with Crippen LogP contribution in [-0.2, 0) is 17.8 Å². The first-order valence-corrected chi connectivity index (χ1v) is 10.1. The Balaban J connectivity index is 1.62. The van der Waals surface area contributed by atoms with E-state index in [0.717, 1.165) is 32.5 Å². The Morgan fingerprint density at radius 2 is 1.46 bits per heavy atom. The molecule has 0 aromatic heterocycles. The van der Waals surface area contributed by atoms with E-state index in [1.165, 1.54) is 11.1 Å². The molecule has 2 aromatic rings. The van der Waals surface area contributed by atoms with Crippen LogP contribution in [0.25, 0.3) is 0 Å². The third-order valence-corrected chi connectivity index (χ3v) is 5.02. The van der Waals surface area contributed by atoms with Crippen LogP contribution in [-0.4, -0.2) is 29.7 Å². The first kappa shape index (κ1) is 20.4. The first-order valence-electron chi connectivity index (χ1n) is 10.1. The second-order valence-electron chi connectivity index (χ2n) is 8.97. The van der Waals surface area contributed by atoms with E-state index in [4.69, 9.17) is 4.74 Å². The zero-order valence-corrected chi connectivity index (χ0v) is 17.3. The minimum absolute atomic E-state index is 0.153. The molecule has 0 heterocycles. The average Bonchev–Trinajstić information content (AvgIpc) is 3.40. The fourth-order valence-electron chi connectivity index (χ4n) is 3.47. The van der Waals surface area contributed by atoms with Gasteiger partial charge in [-0.25, -0.2) is 4.79 Å². The maximum absolute atomic E-state index is 12.1. The van der Waals surface area contributed by atoms with Crippen molar-refractivity contribution in [3.63, 3.8) is 0 Å². The van der Waals surface area contributed by atoms with E-state index in [1.54, 1.807) is 0 Å². The van der Waals surface area contributed by atoms with E-state index in [-0.39, 0.29) is 11.5 Å². The van der Waals surface area contributed by atoms with E-state index in [0.29, 0.717) is 6.54 Å². The summed E-state index contributed by atoms with van der Waals surface area (Å²) in [6.07, 6.45) is 1.96. The van der Waals surface area contributed by atoms with Crippen LogP contribution in [0.5, 0.6) is 0 Å². The Labute approximate surface area is 168 Å². The molecule has 1 N–H and O–H groups in total. The van der Waals surface area contributed by atoms with Gasteiger partial charge in [-0.15, -0.1) is 0 Å². The number of nitrogens with zero attached hydrogens (tertiary/aromatic N) is 1. The Morgan fingerprint density at radius 3 is 1.89 bits per heavy atom. The highest BCUT2D eigenvalue weighted by atomic mass is 16.6. The van der Waals surface area contributed by atoms with Gasteiger partial charge >= 0.3 is 6.09 Å². The number of hydrogen-bond donors (Lipinski definition) is 1. The van der Waals surface area contributed by atoms with Gasteiger partial charge in [0, 0.05) is 31.6 Å². The molecular weight excluding hydrogens is 348 g/mol. The molecule has 1 saturated carbocycles. The lowest BCUT2D eigenvalue weighted by Crippen LogP contribution is -2.40. The highest BCUT2D eigenvalue weighted by molar-refractivity contribution is 5.67. The molecule has 0 unspecified atom stereocenters. The zero-order valence-electron chi connectivity index (χ0n) is 17.3. The SMILES string of the molecule is CC(C)(C)OC(=O)NCC1(CN(Cc2ccccc2)Cc2ccccc2)CC1. The Kier molecular flexibility index (Phi) is 6.40. The van der Waals surface area contributed by atoms with E-state index < -0.39 is 5.60 Å². The second-order valence-corrected chi connectivity index (χ2v) is 8.97. The number of benzene rings is 2. The molecule has 4 nitrogen and oxygen atoms in total. The molecule has 0 bridgehead atoms. The van der Waals surface area contributed by atoms with Gasteiger partial charge in [0.1, 0.15) is 5.60 Å². The molecule has 0 radical (unpaired) electrons. The summed E-state index contributed by atoms with van der Waals surface area (Å²) in [5.41, 5.74) is 2.32. The van der Waals surface area contributed by atoms with Gasteiger partial charge in [0.15, 0.2) is 0 Å². The van der Waals surface area contributed by atoms with Crippen molar-refractivity contribution < 1.29 is 9.53 Å². The first-order chi connectivity index (χ1) is 13.3. The highest BCUT2D eigenvalue weighted by Crippen LogP contribution is 2.46. The Morgan fingerprint density at radius 1 is 0.964 bits per heavy atom. The van der Waals surface area contributed by atoms with Gasteiger partial charge in [0.25, 0.3) is 0 Å². The molecule has 3 rings (SSSR count). The minimum atomic E-state index is -0.465. The standard InChI is InChI=1S/C24H32N2O2/c1-23(2,3)28-22(27)25-18-24(14-15-24)19-26(16-20-10-6-4-7-11-20)17-21-12-8-5-9-13-21/h4-13H,14-19H2,1-3H3,(H,25,27). The van der Waals surface area contributed by atoms with Crippen molar-refractivity contribution >= 4 is 6.09 Å².